The molecule has 0 saturated heterocycles. The molecule has 24 heavy (non-hydrogen) atoms. The number of hydrogen-bond donors (Lipinski definition) is 2. The number of aromatic nitrogens is 3. The second kappa shape index (κ2) is 7.57. The third kappa shape index (κ3) is 4.41. The van der Waals surface area contributed by atoms with E-state index in [9.17, 15) is 4.79 Å². The molecule has 0 aliphatic rings. The Bertz CT molecular complexity index is 853. The van der Waals surface area contributed by atoms with Gasteiger partial charge in [0.05, 0.1) is 22.8 Å². The Kier molecular flexibility index (Phi) is 5.24. The number of carbonyl (C=O) groups excluding carboxylic acids is 1. The number of rotatable bonds is 5. The molecule has 0 saturated carbocycles. The van der Waals surface area contributed by atoms with E-state index in [1.807, 2.05) is 5.38 Å². The lowest BCUT2D eigenvalue weighted by molar-refractivity contribution is -0.115. The highest BCUT2D eigenvalue weighted by Gasteiger charge is 2.10. The molecule has 0 radical (unpaired) electrons. The van der Waals surface area contributed by atoms with Crippen molar-refractivity contribution in [2.24, 2.45) is 0 Å². The van der Waals surface area contributed by atoms with Crippen molar-refractivity contribution in [1.29, 1.82) is 0 Å². The number of carbonyl (C=O) groups is 1. The van der Waals surface area contributed by atoms with Gasteiger partial charge in [-0.2, -0.15) is 0 Å². The highest BCUT2D eigenvalue weighted by atomic mass is 35.5. The minimum absolute atomic E-state index is 0.136. The van der Waals surface area contributed by atoms with Crippen LogP contribution in [0.2, 0.25) is 10.2 Å². The first-order valence-electron chi connectivity index (χ1n) is 6.83. The Hall–Kier alpha value is -2.22. The fourth-order valence-corrected chi connectivity index (χ4v) is 2.84. The number of nitrogens with one attached hydrogen (secondary N) is 2. The number of anilines is 3. The predicted molar refractivity (Wildman–Crippen MR) is 96.2 cm³/mol. The SMILES string of the molecule is O=C(Cc1csc(Nc2ccc(Cl)cn2)n1)Nc1cccnc1Cl. The number of halogens is 2. The molecule has 2 N–H and O–H groups in total. The summed E-state index contributed by atoms with van der Waals surface area (Å²) in [5, 5.41) is 9.03. The summed E-state index contributed by atoms with van der Waals surface area (Å²) < 4.78 is 0. The summed E-state index contributed by atoms with van der Waals surface area (Å²) in [4.78, 5) is 24.5. The molecule has 0 aliphatic carbocycles. The third-order valence-corrected chi connectivity index (χ3v) is 4.22. The number of amides is 1. The first-order valence-corrected chi connectivity index (χ1v) is 8.47. The maximum absolute atomic E-state index is 12.1. The Labute approximate surface area is 151 Å². The van der Waals surface area contributed by atoms with Gasteiger partial charge in [0.25, 0.3) is 0 Å². The Morgan fingerprint density at radius 2 is 2.08 bits per heavy atom. The molecular formula is C15H11Cl2N5OS. The molecule has 6 nitrogen and oxygen atoms in total. The van der Waals surface area contributed by atoms with Gasteiger partial charge in [-0.1, -0.05) is 23.2 Å². The molecule has 0 bridgehead atoms. The van der Waals surface area contributed by atoms with E-state index in [1.54, 1.807) is 36.7 Å². The fourth-order valence-electron chi connectivity index (χ4n) is 1.84. The second-order valence-corrected chi connectivity index (χ2v) is 6.35. The zero-order chi connectivity index (χ0) is 16.9. The quantitative estimate of drug-likeness (QED) is 0.650. The van der Waals surface area contributed by atoms with Crippen molar-refractivity contribution in [2.45, 2.75) is 6.42 Å². The van der Waals surface area contributed by atoms with Crippen LogP contribution in [0.4, 0.5) is 16.6 Å². The Balaban J connectivity index is 1.60. The lowest BCUT2D eigenvalue weighted by Gasteiger charge is -2.05. The number of pyridine rings is 2. The lowest BCUT2D eigenvalue weighted by atomic mass is 10.3. The van der Waals surface area contributed by atoms with Crippen LogP contribution in [-0.2, 0) is 11.2 Å². The largest absolute Gasteiger partial charge is 0.323 e. The smallest absolute Gasteiger partial charge is 0.230 e. The van der Waals surface area contributed by atoms with Crippen molar-refractivity contribution in [2.75, 3.05) is 10.6 Å². The van der Waals surface area contributed by atoms with E-state index < -0.39 is 0 Å². The summed E-state index contributed by atoms with van der Waals surface area (Å²) in [6, 6.07) is 6.87. The molecule has 9 heteroatoms. The minimum atomic E-state index is -0.216. The minimum Gasteiger partial charge on any atom is -0.323 e. The summed E-state index contributed by atoms with van der Waals surface area (Å²) >= 11 is 13.1. The van der Waals surface area contributed by atoms with Crippen LogP contribution >= 0.6 is 34.5 Å². The van der Waals surface area contributed by atoms with Crippen LogP contribution in [0, 0.1) is 0 Å². The lowest BCUT2D eigenvalue weighted by Crippen LogP contribution is -2.15. The highest BCUT2D eigenvalue weighted by molar-refractivity contribution is 7.13. The summed E-state index contributed by atoms with van der Waals surface area (Å²) in [5.41, 5.74) is 1.12. The molecule has 122 valence electrons. The normalized spacial score (nSPS) is 10.4. The van der Waals surface area contributed by atoms with Crippen molar-refractivity contribution in [3.8, 4) is 0 Å². The maximum Gasteiger partial charge on any atom is 0.230 e. The van der Waals surface area contributed by atoms with Gasteiger partial charge in [-0.15, -0.1) is 11.3 Å². The molecule has 3 aromatic heterocycles. The number of thiazole rings is 1. The van der Waals surface area contributed by atoms with Crippen LogP contribution in [0.1, 0.15) is 5.69 Å². The average molecular weight is 380 g/mol. The van der Waals surface area contributed by atoms with E-state index in [0.717, 1.165) is 0 Å². The Morgan fingerprint density at radius 1 is 1.21 bits per heavy atom. The fraction of sp³-hybridized carbons (Fsp3) is 0.0667. The van der Waals surface area contributed by atoms with E-state index >= 15 is 0 Å². The monoisotopic (exact) mass is 379 g/mol. The van der Waals surface area contributed by atoms with Crippen LogP contribution in [0.5, 0.6) is 0 Å². The molecule has 0 aliphatic heterocycles. The molecule has 0 atom stereocenters. The molecule has 0 fully saturated rings. The van der Waals surface area contributed by atoms with Gasteiger partial charge in [0.1, 0.15) is 5.82 Å². The van der Waals surface area contributed by atoms with Gasteiger partial charge in [-0.05, 0) is 24.3 Å². The zero-order valence-corrected chi connectivity index (χ0v) is 14.5. The van der Waals surface area contributed by atoms with Gasteiger partial charge in [-0.25, -0.2) is 15.0 Å². The second-order valence-electron chi connectivity index (χ2n) is 4.70. The van der Waals surface area contributed by atoms with E-state index in [0.29, 0.717) is 27.4 Å². The van der Waals surface area contributed by atoms with Gasteiger partial charge in [0, 0.05) is 17.8 Å². The molecule has 1 amide bonds. The molecule has 3 rings (SSSR count). The molecule has 0 spiro atoms. The van der Waals surface area contributed by atoms with Crippen molar-refractivity contribution < 1.29 is 4.79 Å². The Morgan fingerprint density at radius 3 is 2.83 bits per heavy atom. The van der Waals surface area contributed by atoms with Crippen molar-refractivity contribution in [1.82, 2.24) is 15.0 Å². The van der Waals surface area contributed by atoms with Crippen LogP contribution in [0.15, 0.2) is 42.0 Å². The molecule has 3 heterocycles. The van der Waals surface area contributed by atoms with Gasteiger partial charge in [0.2, 0.25) is 5.91 Å². The van der Waals surface area contributed by atoms with Crippen molar-refractivity contribution in [3.63, 3.8) is 0 Å². The standard InChI is InChI=1S/C15H11Cl2N5OS/c16-9-3-4-12(19-7-9)22-15-20-10(8-24-15)6-13(23)21-11-2-1-5-18-14(11)17/h1-5,7-8H,6H2,(H,21,23)(H,19,20,22). The van der Waals surface area contributed by atoms with Crippen LogP contribution in [0.25, 0.3) is 0 Å². The van der Waals surface area contributed by atoms with Crippen molar-refractivity contribution in [3.05, 3.63) is 57.9 Å². The summed E-state index contributed by atoms with van der Waals surface area (Å²) in [7, 11) is 0. The predicted octanol–water partition coefficient (Wildman–Crippen LogP) is 4.16. The van der Waals surface area contributed by atoms with Crippen LogP contribution < -0.4 is 10.6 Å². The molecule has 0 unspecified atom stereocenters. The summed E-state index contributed by atoms with van der Waals surface area (Å²) in [5.74, 6) is 0.415. The van der Waals surface area contributed by atoms with E-state index in [4.69, 9.17) is 23.2 Å². The third-order valence-electron chi connectivity index (χ3n) is 2.89. The maximum atomic E-state index is 12.1. The summed E-state index contributed by atoms with van der Waals surface area (Å²) in [6.45, 7) is 0. The van der Waals surface area contributed by atoms with E-state index in [2.05, 4.69) is 25.6 Å². The van der Waals surface area contributed by atoms with Crippen LogP contribution in [-0.4, -0.2) is 20.9 Å². The molecule has 3 aromatic rings. The molecular weight excluding hydrogens is 369 g/mol. The van der Waals surface area contributed by atoms with E-state index in [-0.39, 0.29) is 17.5 Å². The first kappa shape index (κ1) is 16.6. The van der Waals surface area contributed by atoms with Gasteiger partial charge >= 0.3 is 0 Å². The first-order chi connectivity index (χ1) is 11.6. The van der Waals surface area contributed by atoms with Crippen LogP contribution in [0.3, 0.4) is 0 Å². The van der Waals surface area contributed by atoms with Crippen molar-refractivity contribution >= 4 is 57.1 Å². The molecule has 0 aromatic carbocycles. The highest BCUT2D eigenvalue weighted by Crippen LogP contribution is 2.22. The van der Waals surface area contributed by atoms with Gasteiger partial charge in [-0.3, -0.25) is 4.79 Å². The zero-order valence-electron chi connectivity index (χ0n) is 12.2. The average Bonchev–Trinajstić information content (AvgIpc) is 2.99. The van der Waals surface area contributed by atoms with Gasteiger partial charge < -0.3 is 10.6 Å². The number of nitrogens with zero attached hydrogens (tertiary/aromatic N) is 3. The summed E-state index contributed by atoms with van der Waals surface area (Å²) in [6.07, 6.45) is 3.24. The van der Waals surface area contributed by atoms with E-state index in [1.165, 1.54) is 11.3 Å². The van der Waals surface area contributed by atoms with Gasteiger partial charge in [0.15, 0.2) is 10.3 Å². The topological polar surface area (TPSA) is 79.8 Å². The number of hydrogen-bond acceptors (Lipinski definition) is 6.